The SMILES string of the molecule is COc1cccc(C(=O)NC(c2cccc([N+](=O)[O-])c2)c2cc(Cl)c3cccnc3c2O)c1. The highest BCUT2D eigenvalue weighted by molar-refractivity contribution is 6.35. The van der Waals surface area contributed by atoms with E-state index in [2.05, 4.69) is 10.3 Å². The summed E-state index contributed by atoms with van der Waals surface area (Å²) in [6.07, 6.45) is 1.51. The van der Waals surface area contributed by atoms with Crippen LogP contribution in [0.3, 0.4) is 0 Å². The van der Waals surface area contributed by atoms with Gasteiger partial charge >= 0.3 is 0 Å². The topological polar surface area (TPSA) is 115 Å². The minimum atomic E-state index is -0.951. The molecule has 1 atom stereocenters. The Morgan fingerprint density at radius 1 is 1.15 bits per heavy atom. The van der Waals surface area contributed by atoms with Crippen LogP contribution < -0.4 is 10.1 Å². The van der Waals surface area contributed by atoms with E-state index in [9.17, 15) is 20.0 Å². The summed E-state index contributed by atoms with van der Waals surface area (Å²) in [4.78, 5) is 28.1. The Morgan fingerprint density at radius 3 is 2.70 bits per heavy atom. The molecule has 3 aromatic carbocycles. The number of methoxy groups -OCH3 is 1. The van der Waals surface area contributed by atoms with Crippen molar-refractivity contribution in [1.29, 1.82) is 0 Å². The van der Waals surface area contributed by atoms with Gasteiger partial charge in [-0.15, -0.1) is 0 Å². The van der Waals surface area contributed by atoms with E-state index in [4.69, 9.17) is 16.3 Å². The Labute approximate surface area is 193 Å². The van der Waals surface area contributed by atoms with Crippen molar-refractivity contribution in [2.75, 3.05) is 7.11 Å². The summed E-state index contributed by atoms with van der Waals surface area (Å²) in [6, 6.07) is 16.3. The number of amides is 1. The van der Waals surface area contributed by atoms with Gasteiger partial charge in [-0.2, -0.15) is 0 Å². The number of hydrogen-bond donors (Lipinski definition) is 2. The molecule has 0 aliphatic carbocycles. The van der Waals surface area contributed by atoms with E-state index in [1.165, 1.54) is 37.6 Å². The third-order valence-corrected chi connectivity index (χ3v) is 5.49. The summed E-state index contributed by atoms with van der Waals surface area (Å²) >= 11 is 6.45. The Kier molecular flexibility index (Phi) is 6.10. The van der Waals surface area contributed by atoms with Crippen LogP contribution in [0.5, 0.6) is 11.5 Å². The number of phenolic OH excluding ortho intramolecular Hbond substituents is 1. The molecule has 0 saturated heterocycles. The minimum absolute atomic E-state index is 0.155. The fraction of sp³-hybridized carbons (Fsp3) is 0.0833. The van der Waals surface area contributed by atoms with Gasteiger partial charge in [0.05, 0.1) is 23.1 Å². The summed E-state index contributed by atoms with van der Waals surface area (Å²) in [5.41, 5.74) is 1.06. The maximum Gasteiger partial charge on any atom is 0.269 e. The molecule has 4 rings (SSSR count). The Balaban J connectivity index is 1.86. The van der Waals surface area contributed by atoms with Gasteiger partial charge in [-0.1, -0.05) is 29.8 Å². The van der Waals surface area contributed by atoms with Crippen LogP contribution in [-0.2, 0) is 0 Å². The molecule has 9 heteroatoms. The highest BCUT2D eigenvalue weighted by Crippen LogP contribution is 2.39. The molecular weight excluding hydrogens is 446 g/mol. The smallest absolute Gasteiger partial charge is 0.269 e. The van der Waals surface area contributed by atoms with Crippen molar-refractivity contribution in [2.24, 2.45) is 0 Å². The number of non-ortho nitro benzene ring substituents is 1. The lowest BCUT2D eigenvalue weighted by molar-refractivity contribution is -0.384. The minimum Gasteiger partial charge on any atom is -0.505 e. The molecule has 0 radical (unpaired) electrons. The van der Waals surface area contributed by atoms with Crippen LogP contribution in [0, 0.1) is 10.1 Å². The molecule has 1 heterocycles. The average molecular weight is 464 g/mol. The summed E-state index contributed by atoms with van der Waals surface area (Å²) < 4.78 is 5.18. The fourth-order valence-corrected chi connectivity index (χ4v) is 3.83. The highest BCUT2D eigenvalue weighted by Gasteiger charge is 2.25. The van der Waals surface area contributed by atoms with Crippen molar-refractivity contribution in [1.82, 2.24) is 10.3 Å². The summed E-state index contributed by atoms with van der Waals surface area (Å²) in [6.45, 7) is 0. The number of carbonyl (C=O) groups is 1. The molecule has 0 bridgehead atoms. The molecule has 0 spiro atoms. The van der Waals surface area contributed by atoms with Gasteiger partial charge in [0.15, 0.2) is 0 Å². The molecular formula is C24H18ClN3O5. The van der Waals surface area contributed by atoms with Gasteiger partial charge in [0.2, 0.25) is 0 Å². The van der Waals surface area contributed by atoms with E-state index in [0.29, 0.717) is 27.3 Å². The lowest BCUT2D eigenvalue weighted by Gasteiger charge is -2.22. The number of carbonyl (C=O) groups excluding carboxylic acids is 1. The zero-order valence-corrected chi connectivity index (χ0v) is 18.1. The number of nitro benzene ring substituents is 1. The van der Waals surface area contributed by atoms with Crippen LogP contribution in [0.4, 0.5) is 5.69 Å². The Hall–Kier alpha value is -4.17. The Bertz CT molecular complexity index is 1380. The summed E-state index contributed by atoms with van der Waals surface area (Å²) in [5.74, 6) is -0.158. The van der Waals surface area contributed by atoms with Gasteiger partial charge in [-0.05, 0) is 42.0 Å². The molecule has 0 fully saturated rings. The number of fused-ring (bicyclic) bond motifs is 1. The predicted molar refractivity (Wildman–Crippen MR) is 124 cm³/mol. The number of phenols is 1. The molecule has 33 heavy (non-hydrogen) atoms. The fourth-order valence-electron chi connectivity index (χ4n) is 3.56. The van der Waals surface area contributed by atoms with Gasteiger partial charge in [-0.25, -0.2) is 0 Å². The molecule has 8 nitrogen and oxygen atoms in total. The number of nitrogens with one attached hydrogen (secondary N) is 1. The molecule has 0 aliphatic rings. The van der Waals surface area contributed by atoms with E-state index in [-0.39, 0.29) is 22.5 Å². The van der Waals surface area contributed by atoms with Crippen molar-refractivity contribution < 1.29 is 19.6 Å². The van der Waals surface area contributed by atoms with Gasteiger partial charge in [-0.3, -0.25) is 19.9 Å². The number of nitrogens with zero attached hydrogens (tertiary/aromatic N) is 2. The first kappa shape index (κ1) is 22.0. The van der Waals surface area contributed by atoms with Crippen LogP contribution in [0.2, 0.25) is 5.02 Å². The Morgan fingerprint density at radius 2 is 1.94 bits per heavy atom. The molecule has 2 N–H and O–H groups in total. The number of ether oxygens (including phenoxy) is 1. The first-order valence-electron chi connectivity index (χ1n) is 9.84. The van der Waals surface area contributed by atoms with E-state index < -0.39 is 16.9 Å². The van der Waals surface area contributed by atoms with Crippen molar-refractivity contribution in [3.8, 4) is 11.5 Å². The largest absolute Gasteiger partial charge is 0.505 e. The lowest BCUT2D eigenvalue weighted by Crippen LogP contribution is -2.29. The van der Waals surface area contributed by atoms with Crippen molar-refractivity contribution in [3.63, 3.8) is 0 Å². The number of aromatic hydroxyl groups is 1. The number of rotatable bonds is 6. The molecule has 1 amide bonds. The maximum atomic E-state index is 13.1. The third kappa shape index (κ3) is 4.42. The van der Waals surface area contributed by atoms with Crippen LogP contribution in [-0.4, -0.2) is 28.0 Å². The van der Waals surface area contributed by atoms with Crippen molar-refractivity contribution in [2.45, 2.75) is 6.04 Å². The second kappa shape index (κ2) is 9.13. The first-order chi connectivity index (χ1) is 15.9. The van der Waals surface area contributed by atoms with Crippen LogP contribution >= 0.6 is 11.6 Å². The quantitative estimate of drug-likeness (QED) is 0.306. The molecule has 0 saturated carbocycles. The molecule has 166 valence electrons. The zero-order chi connectivity index (χ0) is 23.5. The monoisotopic (exact) mass is 463 g/mol. The number of pyridine rings is 1. The van der Waals surface area contributed by atoms with Crippen LogP contribution in [0.1, 0.15) is 27.5 Å². The number of benzene rings is 3. The summed E-state index contributed by atoms with van der Waals surface area (Å²) in [7, 11) is 1.49. The molecule has 4 aromatic rings. The van der Waals surface area contributed by atoms with Gasteiger partial charge in [0.25, 0.3) is 11.6 Å². The standard InChI is InChI=1S/C24H18ClN3O5/c1-33-17-8-3-6-15(12-17)24(30)27-21(14-5-2-7-16(11-14)28(31)32)19-13-20(25)18-9-4-10-26-22(18)23(19)29/h2-13,21,29H,1H3,(H,27,30). The molecule has 1 unspecified atom stereocenters. The van der Waals surface area contributed by atoms with E-state index in [1.807, 2.05) is 0 Å². The normalized spacial score (nSPS) is 11.7. The molecule has 0 aliphatic heterocycles. The number of hydrogen-bond acceptors (Lipinski definition) is 6. The van der Waals surface area contributed by atoms with Gasteiger partial charge in [0.1, 0.15) is 17.0 Å². The average Bonchev–Trinajstić information content (AvgIpc) is 2.85. The van der Waals surface area contributed by atoms with Gasteiger partial charge < -0.3 is 15.2 Å². The lowest BCUT2D eigenvalue weighted by atomic mass is 9.95. The predicted octanol–water partition coefficient (Wildman–Crippen LogP) is 5.03. The van der Waals surface area contributed by atoms with Gasteiger partial charge in [0, 0.05) is 34.8 Å². The second-order valence-electron chi connectivity index (χ2n) is 7.19. The zero-order valence-electron chi connectivity index (χ0n) is 17.4. The molecule has 1 aromatic heterocycles. The number of halogens is 1. The van der Waals surface area contributed by atoms with Crippen molar-refractivity contribution in [3.05, 3.63) is 105 Å². The highest BCUT2D eigenvalue weighted by atomic mass is 35.5. The maximum absolute atomic E-state index is 13.1. The van der Waals surface area contributed by atoms with Crippen LogP contribution in [0.25, 0.3) is 10.9 Å². The van der Waals surface area contributed by atoms with Crippen LogP contribution in [0.15, 0.2) is 72.9 Å². The van der Waals surface area contributed by atoms with Crippen molar-refractivity contribution >= 4 is 34.1 Å². The third-order valence-electron chi connectivity index (χ3n) is 5.18. The number of aromatic nitrogens is 1. The first-order valence-corrected chi connectivity index (χ1v) is 10.2. The van der Waals surface area contributed by atoms with E-state index in [0.717, 1.165) is 0 Å². The number of nitro groups is 1. The van der Waals surface area contributed by atoms with E-state index >= 15 is 0 Å². The van der Waals surface area contributed by atoms with E-state index in [1.54, 1.807) is 42.5 Å². The second-order valence-corrected chi connectivity index (χ2v) is 7.59. The summed E-state index contributed by atoms with van der Waals surface area (Å²) in [5, 5.41) is 26.1.